The summed E-state index contributed by atoms with van der Waals surface area (Å²) in [5, 5.41) is 0. The molecule has 3 nitrogen and oxygen atoms in total. The third-order valence-corrected chi connectivity index (χ3v) is 3.35. The molecule has 0 bridgehead atoms. The van der Waals surface area contributed by atoms with Crippen molar-refractivity contribution in [3.63, 3.8) is 0 Å². The van der Waals surface area contributed by atoms with Gasteiger partial charge >= 0.3 is 0 Å². The molecule has 0 spiro atoms. The zero-order chi connectivity index (χ0) is 15.3. The molecule has 0 aliphatic carbocycles. The van der Waals surface area contributed by atoms with E-state index in [-0.39, 0.29) is 6.04 Å². The van der Waals surface area contributed by atoms with Crippen molar-refractivity contribution in [3.8, 4) is 0 Å². The van der Waals surface area contributed by atoms with Crippen LogP contribution in [0.1, 0.15) is 12.0 Å². The SMILES string of the molecule is C=CCOCC[C@@H](COCC=C)N(Cl)Cc1ccccc1. The highest BCUT2D eigenvalue weighted by molar-refractivity contribution is 6.13. The van der Waals surface area contributed by atoms with Crippen molar-refractivity contribution < 1.29 is 9.47 Å². The van der Waals surface area contributed by atoms with Gasteiger partial charge in [-0.1, -0.05) is 42.5 Å². The zero-order valence-electron chi connectivity index (χ0n) is 12.4. The smallest absolute Gasteiger partial charge is 0.0645 e. The molecule has 0 saturated carbocycles. The molecule has 116 valence electrons. The second kappa shape index (κ2) is 11.5. The minimum Gasteiger partial charge on any atom is -0.377 e. The van der Waals surface area contributed by atoms with Crippen LogP contribution in [0.4, 0.5) is 0 Å². The fraction of sp³-hybridized carbons (Fsp3) is 0.412. The van der Waals surface area contributed by atoms with Crippen LogP contribution in [0.3, 0.4) is 0 Å². The lowest BCUT2D eigenvalue weighted by molar-refractivity contribution is 0.0783. The molecule has 0 unspecified atom stereocenters. The summed E-state index contributed by atoms with van der Waals surface area (Å²) in [6, 6.07) is 10.2. The lowest BCUT2D eigenvalue weighted by atomic mass is 10.2. The van der Waals surface area contributed by atoms with Crippen molar-refractivity contribution in [2.24, 2.45) is 0 Å². The van der Waals surface area contributed by atoms with Crippen molar-refractivity contribution in [2.75, 3.05) is 26.4 Å². The molecule has 4 heteroatoms. The minimum absolute atomic E-state index is 0.0941. The highest BCUT2D eigenvalue weighted by atomic mass is 35.5. The van der Waals surface area contributed by atoms with E-state index in [0.717, 1.165) is 6.42 Å². The highest BCUT2D eigenvalue weighted by Gasteiger charge is 2.17. The van der Waals surface area contributed by atoms with Crippen LogP contribution in [-0.4, -0.2) is 36.9 Å². The van der Waals surface area contributed by atoms with E-state index in [0.29, 0.717) is 33.0 Å². The zero-order valence-corrected chi connectivity index (χ0v) is 13.2. The number of ether oxygens (including phenoxy) is 2. The molecule has 1 aromatic rings. The molecular formula is C17H24ClNO2. The van der Waals surface area contributed by atoms with E-state index in [1.165, 1.54) is 5.56 Å². The Hall–Kier alpha value is -1.13. The topological polar surface area (TPSA) is 21.7 Å². The third-order valence-electron chi connectivity index (χ3n) is 2.95. The summed E-state index contributed by atoms with van der Waals surface area (Å²) in [5.74, 6) is 0. The number of hydrogen-bond donors (Lipinski definition) is 0. The maximum Gasteiger partial charge on any atom is 0.0645 e. The van der Waals surface area contributed by atoms with Gasteiger partial charge in [-0.3, -0.25) is 0 Å². The van der Waals surface area contributed by atoms with Gasteiger partial charge in [0, 0.05) is 13.2 Å². The van der Waals surface area contributed by atoms with Crippen LogP contribution >= 0.6 is 11.8 Å². The summed E-state index contributed by atoms with van der Waals surface area (Å²) in [4.78, 5) is 0. The monoisotopic (exact) mass is 309 g/mol. The minimum atomic E-state index is 0.0941. The van der Waals surface area contributed by atoms with Crippen LogP contribution in [0.25, 0.3) is 0 Å². The van der Waals surface area contributed by atoms with Gasteiger partial charge in [0.2, 0.25) is 0 Å². The van der Waals surface area contributed by atoms with E-state index < -0.39 is 0 Å². The van der Waals surface area contributed by atoms with Gasteiger partial charge in [-0.05, 0) is 23.8 Å². The Morgan fingerprint density at radius 2 is 1.76 bits per heavy atom. The van der Waals surface area contributed by atoms with Crippen molar-refractivity contribution in [1.82, 2.24) is 4.42 Å². The van der Waals surface area contributed by atoms with Crippen LogP contribution in [-0.2, 0) is 16.0 Å². The summed E-state index contributed by atoms with van der Waals surface area (Å²) >= 11 is 6.42. The van der Waals surface area contributed by atoms with Crippen molar-refractivity contribution in [2.45, 2.75) is 19.0 Å². The van der Waals surface area contributed by atoms with Gasteiger partial charge in [-0.15, -0.1) is 13.2 Å². The predicted molar refractivity (Wildman–Crippen MR) is 88.3 cm³/mol. The van der Waals surface area contributed by atoms with E-state index in [9.17, 15) is 0 Å². The van der Waals surface area contributed by atoms with E-state index in [1.807, 2.05) is 18.2 Å². The molecule has 1 atom stereocenters. The Labute approximate surface area is 132 Å². The van der Waals surface area contributed by atoms with Crippen molar-refractivity contribution in [1.29, 1.82) is 0 Å². The maximum absolute atomic E-state index is 6.42. The summed E-state index contributed by atoms with van der Waals surface area (Å²) in [6.45, 7) is 10.2. The first-order chi connectivity index (χ1) is 10.3. The lowest BCUT2D eigenvalue weighted by Crippen LogP contribution is -2.32. The second-order valence-electron chi connectivity index (χ2n) is 4.68. The van der Waals surface area contributed by atoms with Gasteiger partial charge in [0.05, 0.1) is 25.9 Å². The first kappa shape index (κ1) is 17.9. The van der Waals surface area contributed by atoms with E-state index >= 15 is 0 Å². The van der Waals surface area contributed by atoms with Crippen LogP contribution in [0, 0.1) is 0 Å². The van der Waals surface area contributed by atoms with Gasteiger partial charge in [0.1, 0.15) is 0 Å². The molecule has 1 aromatic carbocycles. The van der Waals surface area contributed by atoms with Crippen molar-refractivity contribution in [3.05, 3.63) is 61.2 Å². The predicted octanol–water partition coefficient (Wildman–Crippen LogP) is 3.81. The Morgan fingerprint density at radius 1 is 1.10 bits per heavy atom. The molecule has 0 aromatic heterocycles. The molecule has 21 heavy (non-hydrogen) atoms. The largest absolute Gasteiger partial charge is 0.377 e. The summed E-state index contributed by atoms with van der Waals surface area (Å²) in [5.41, 5.74) is 1.17. The Bertz CT molecular complexity index is 397. The Morgan fingerprint density at radius 3 is 2.43 bits per heavy atom. The number of rotatable bonds is 12. The molecule has 0 aliphatic heterocycles. The van der Waals surface area contributed by atoms with Gasteiger partial charge in [-0.2, -0.15) is 0 Å². The molecule has 0 fully saturated rings. The fourth-order valence-electron chi connectivity index (χ4n) is 1.86. The standard InChI is InChI=1S/C17H24ClNO2/c1-3-11-20-13-10-17(15-21-12-4-2)19(18)14-16-8-6-5-7-9-16/h3-9,17H,1-2,10-15H2/t17-/m0/s1. The second-order valence-corrected chi connectivity index (χ2v) is 5.11. The molecule has 0 heterocycles. The Kier molecular flexibility index (Phi) is 9.83. The van der Waals surface area contributed by atoms with Crippen LogP contribution < -0.4 is 0 Å². The van der Waals surface area contributed by atoms with Gasteiger partial charge < -0.3 is 9.47 Å². The third kappa shape index (κ3) is 8.02. The van der Waals surface area contributed by atoms with E-state index in [1.54, 1.807) is 16.6 Å². The fourth-order valence-corrected chi connectivity index (χ4v) is 2.16. The maximum atomic E-state index is 6.42. The number of hydrogen-bond acceptors (Lipinski definition) is 3. The Balaban J connectivity index is 2.47. The molecule has 0 amide bonds. The summed E-state index contributed by atoms with van der Waals surface area (Å²) in [7, 11) is 0. The van der Waals surface area contributed by atoms with Gasteiger partial charge in [0.15, 0.2) is 0 Å². The highest BCUT2D eigenvalue weighted by Crippen LogP contribution is 2.14. The normalized spacial score (nSPS) is 12.3. The van der Waals surface area contributed by atoms with Crippen LogP contribution in [0.2, 0.25) is 0 Å². The average molecular weight is 310 g/mol. The number of benzene rings is 1. The van der Waals surface area contributed by atoms with Gasteiger partial charge in [0.25, 0.3) is 0 Å². The quantitative estimate of drug-likeness (QED) is 0.333. The molecule has 0 saturated heterocycles. The summed E-state index contributed by atoms with van der Waals surface area (Å²) in [6.07, 6.45) is 4.29. The molecular weight excluding hydrogens is 286 g/mol. The lowest BCUT2D eigenvalue weighted by Gasteiger charge is -2.25. The van der Waals surface area contributed by atoms with Crippen molar-refractivity contribution >= 4 is 11.8 Å². The van der Waals surface area contributed by atoms with Gasteiger partial charge in [-0.25, -0.2) is 4.42 Å². The average Bonchev–Trinajstić information content (AvgIpc) is 2.50. The van der Waals surface area contributed by atoms with Crippen LogP contribution in [0.5, 0.6) is 0 Å². The molecule has 0 N–H and O–H groups in total. The molecule has 0 radical (unpaired) electrons. The summed E-state index contributed by atoms with van der Waals surface area (Å²) < 4.78 is 12.8. The van der Waals surface area contributed by atoms with E-state index in [2.05, 4.69) is 25.3 Å². The van der Waals surface area contributed by atoms with Crippen LogP contribution in [0.15, 0.2) is 55.6 Å². The first-order valence-electron chi connectivity index (χ1n) is 7.11. The molecule has 1 rings (SSSR count). The number of halogens is 1. The first-order valence-corrected chi connectivity index (χ1v) is 7.45. The number of nitrogens with zero attached hydrogens (tertiary/aromatic N) is 1. The van der Waals surface area contributed by atoms with E-state index in [4.69, 9.17) is 21.3 Å². The molecule has 0 aliphatic rings.